The van der Waals surface area contributed by atoms with Crippen molar-refractivity contribution in [1.82, 2.24) is 0 Å². The molecule has 0 saturated heterocycles. The van der Waals surface area contributed by atoms with Gasteiger partial charge in [0.15, 0.2) is 0 Å². The molecule has 0 aromatic carbocycles. The van der Waals surface area contributed by atoms with Crippen LogP contribution in [0.25, 0.3) is 0 Å². The van der Waals surface area contributed by atoms with Crippen LogP contribution in [-0.2, 0) is 0 Å². The average Bonchev–Trinajstić information content (AvgIpc) is 2.92. The summed E-state index contributed by atoms with van der Waals surface area (Å²) in [5, 5.41) is 10.2. The lowest BCUT2D eigenvalue weighted by atomic mass is 9.84. The molecule has 16 heavy (non-hydrogen) atoms. The van der Waals surface area contributed by atoms with E-state index in [1.54, 1.807) is 0 Å². The van der Waals surface area contributed by atoms with Gasteiger partial charge in [-0.15, -0.1) is 11.3 Å². The first kappa shape index (κ1) is 11.1. The summed E-state index contributed by atoms with van der Waals surface area (Å²) in [6.45, 7) is 0. The van der Waals surface area contributed by atoms with Crippen molar-refractivity contribution >= 4 is 22.9 Å². The fourth-order valence-corrected chi connectivity index (χ4v) is 4.64. The van der Waals surface area contributed by atoms with Crippen molar-refractivity contribution in [2.45, 2.75) is 38.2 Å². The third-order valence-electron chi connectivity index (χ3n) is 4.33. The number of aliphatic hydroxyl groups is 1. The van der Waals surface area contributed by atoms with E-state index in [1.807, 2.05) is 12.1 Å². The Labute approximate surface area is 105 Å². The van der Waals surface area contributed by atoms with Crippen molar-refractivity contribution in [1.29, 1.82) is 0 Å². The number of halogens is 1. The van der Waals surface area contributed by atoms with E-state index < -0.39 is 0 Å². The molecule has 2 aliphatic rings. The molecule has 0 radical (unpaired) electrons. The highest BCUT2D eigenvalue weighted by Crippen LogP contribution is 2.51. The van der Waals surface area contributed by atoms with Crippen LogP contribution < -0.4 is 0 Å². The van der Waals surface area contributed by atoms with Crippen molar-refractivity contribution in [3.63, 3.8) is 0 Å². The second-order valence-corrected chi connectivity index (χ2v) is 7.07. The molecule has 2 fully saturated rings. The van der Waals surface area contributed by atoms with Crippen molar-refractivity contribution in [3.8, 4) is 0 Å². The predicted octanol–water partition coefficient (Wildman–Crippen LogP) is 4.26. The van der Waals surface area contributed by atoms with E-state index in [9.17, 15) is 5.11 Å². The predicted molar refractivity (Wildman–Crippen MR) is 67.8 cm³/mol. The fraction of sp³-hybridized carbons (Fsp3) is 0.692. The van der Waals surface area contributed by atoms with E-state index in [4.69, 9.17) is 11.6 Å². The van der Waals surface area contributed by atoms with Crippen molar-refractivity contribution < 1.29 is 5.11 Å². The van der Waals surface area contributed by atoms with Gasteiger partial charge < -0.3 is 5.11 Å². The molecular formula is C13H17ClOS. The lowest BCUT2D eigenvalue weighted by molar-refractivity contribution is 0.128. The number of hydrogen-bond acceptors (Lipinski definition) is 2. The van der Waals surface area contributed by atoms with E-state index in [2.05, 4.69) is 0 Å². The smallest absolute Gasteiger partial charge is 0.0932 e. The molecule has 4 atom stereocenters. The number of hydrogen-bond donors (Lipinski definition) is 1. The van der Waals surface area contributed by atoms with Gasteiger partial charge in [-0.05, 0) is 55.6 Å². The van der Waals surface area contributed by atoms with E-state index in [0.717, 1.165) is 33.4 Å². The highest BCUT2D eigenvalue weighted by atomic mass is 35.5. The number of rotatable bonds is 3. The maximum Gasteiger partial charge on any atom is 0.0932 e. The zero-order valence-electron chi connectivity index (χ0n) is 9.23. The monoisotopic (exact) mass is 256 g/mol. The number of fused-ring (bicyclic) bond motifs is 2. The summed E-state index contributed by atoms with van der Waals surface area (Å²) in [5.74, 6) is 2.62. The Morgan fingerprint density at radius 2 is 2.25 bits per heavy atom. The van der Waals surface area contributed by atoms with Gasteiger partial charge in [-0.3, -0.25) is 0 Å². The van der Waals surface area contributed by atoms with Crippen molar-refractivity contribution in [2.75, 3.05) is 0 Å². The molecule has 1 aromatic rings. The maximum atomic E-state index is 10.2. The Bertz CT molecular complexity index is 376. The average molecular weight is 257 g/mol. The minimum Gasteiger partial charge on any atom is -0.388 e. The topological polar surface area (TPSA) is 20.2 Å². The fourth-order valence-electron chi connectivity index (χ4n) is 3.58. The minimum atomic E-state index is -0.290. The van der Waals surface area contributed by atoms with Gasteiger partial charge in [-0.25, -0.2) is 0 Å². The molecule has 3 rings (SSSR count). The summed E-state index contributed by atoms with van der Waals surface area (Å²) < 4.78 is 0.780. The molecule has 4 unspecified atom stereocenters. The summed E-state index contributed by atoms with van der Waals surface area (Å²) >= 11 is 7.41. The molecule has 0 spiro atoms. The van der Waals surface area contributed by atoms with Gasteiger partial charge >= 0.3 is 0 Å². The summed E-state index contributed by atoms with van der Waals surface area (Å²) in [4.78, 5) is 1.03. The summed E-state index contributed by atoms with van der Waals surface area (Å²) in [6, 6.07) is 3.84. The lowest BCUT2D eigenvalue weighted by Crippen LogP contribution is -2.13. The van der Waals surface area contributed by atoms with Crippen molar-refractivity contribution in [3.05, 3.63) is 21.3 Å². The van der Waals surface area contributed by atoms with E-state index >= 15 is 0 Å². The molecule has 1 heterocycles. The molecular weight excluding hydrogens is 240 g/mol. The zero-order chi connectivity index (χ0) is 11.1. The Morgan fingerprint density at radius 3 is 2.81 bits per heavy atom. The summed E-state index contributed by atoms with van der Waals surface area (Å²) in [5.41, 5.74) is 0. The first-order valence-electron chi connectivity index (χ1n) is 6.15. The lowest BCUT2D eigenvalue weighted by Gasteiger charge is -2.23. The molecule has 0 aliphatic heterocycles. The molecule has 1 aromatic heterocycles. The van der Waals surface area contributed by atoms with Crippen LogP contribution in [0.1, 0.15) is 43.1 Å². The van der Waals surface area contributed by atoms with Crippen LogP contribution in [0.3, 0.4) is 0 Å². The van der Waals surface area contributed by atoms with Gasteiger partial charge in [0.25, 0.3) is 0 Å². The van der Waals surface area contributed by atoms with Crippen LogP contribution in [0.2, 0.25) is 4.34 Å². The Hall–Kier alpha value is -0.0500. The van der Waals surface area contributed by atoms with Gasteiger partial charge in [-0.2, -0.15) is 0 Å². The molecule has 3 heteroatoms. The Kier molecular flexibility index (Phi) is 2.99. The SMILES string of the molecule is OC(CC1CC2CCC1C2)c1ccc(Cl)s1. The number of thiophene rings is 1. The normalized spacial score (nSPS) is 34.5. The van der Waals surface area contributed by atoms with Crippen molar-refractivity contribution in [2.24, 2.45) is 17.8 Å². The second kappa shape index (κ2) is 4.32. The zero-order valence-corrected chi connectivity index (χ0v) is 10.8. The molecule has 0 amide bonds. The summed E-state index contributed by atoms with van der Waals surface area (Å²) in [6.07, 6.45) is 6.25. The van der Waals surface area contributed by atoms with Crippen LogP contribution in [-0.4, -0.2) is 5.11 Å². The largest absolute Gasteiger partial charge is 0.388 e. The van der Waals surface area contributed by atoms with E-state index in [-0.39, 0.29) is 6.10 Å². The highest BCUT2D eigenvalue weighted by molar-refractivity contribution is 7.16. The third kappa shape index (κ3) is 2.03. The van der Waals surface area contributed by atoms with E-state index in [1.165, 1.54) is 37.0 Å². The molecule has 2 saturated carbocycles. The third-order valence-corrected chi connectivity index (χ3v) is 5.67. The van der Waals surface area contributed by atoms with Crippen LogP contribution in [0.15, 0.2) is 12.1 Å². The van der Waals surface area contributed by atoms with Gasteiger partial charge in [0.1, 0.15) is 0 Å². The van der Waals surface area contributed by atoms with Crippen LogP contribution in [0, 0.1) is 17.8 Å². The highest BCUT2D eigenvalue weighted by Gasteiger charge is 2.40. The van der Waals surface area contributed by atoms with Crippen LogP contribution in [0.4, 0.5) is 0 Å². The standard InChI is InChI=1S/C13H17ClOS/c14-13-4-3-12(16-13)11(15)7-10-6-8-1-2-9(10)5-8/h3-4,8-11,15H,1-2,5-7H2. The van der Waals surface area contributed by atoms with Gasteiger partial charge in [0.05, 0.1) is 10.4 Å². The molecule has 1 nitrogen and oxygen atoms in total. The van der Waals surface area contributed by atoms with E-state index in [0.29, 0.717) is 0 Å². The van der Waals surface area contributed by atoms with Crippen LogP contribution in [0.5, 0.6) is 0 Å². The first-order chi connectivity index (χ1) is 7.72. The number of aliphatic hydroxyl groups excluding tert-OH is 1. The molecule has 1 N–H and O–H groups in total. The Balaban J connectivity index is 1.62. The van der Waals surface area contributed by atoms with Gasteiger partial charge in [0, 0.05) is 4.88 Å². The quantitative estimate of drug-likeness (QED) is 0.857. The van der Waals surface area contributed by atoms with Gasteiger partial charge in [0.2, 0.25) is 0 Å². The molecule has 2 bridgehead atoms. The van der Waals surface area contributed by atoms with Crippen LogP contribution >= 0.6 is 22.9 Å². The molecule has 88 valence electrons. The molecule has 2 aliphatic carbocycles. The minimum absolute atomic E-state index is 0.290. The maximum absolute atomic E-state index is 10.2. The van der Waals surface area contributed by atoms with Gasteiger partial charge in [-0.1, -0.05) is 18.0 Å². The second-order valence-electron chi connectivity index (χ2n) is 5.33. The first-order valence-corrected chi connectivity index (χ1v) is 7.35. The Morgan fingerprint density at radius 1 is 1.38 bits per heavy atom. The summed E-state index contributed by atoms with van der Waals surface area (Å²) in [7, 11) is 0.